The van der Waals surface area contributed by atoms with Crippen LogP contribution in [0.15, 0.2) is 52.1 Å². The maximum Gasteiger partial charge on any atom is 0.198 e. The van der Waals surface area contributed by atoms with E-state index in [2.05, 4.69) is 39.5 Å². The van der Waals surface area contributed by atoms with Crippen LogP contribution in [0, 0.1) is 0 Å². The van der Waals surface area contributed by atoms with E-state index in [9.17, 15) is 0 Å². The molecule has 5 nitrogen and oxygen atoms in total. The van der Waals surface area contributed by atoms with E-state index >= 15 is 0 Å². The summed E-state index contributed by atoms with van der Waals surface area (Å²) in [5, 5.41) is 3.42. The second-order valence-corrected chi connectivity index (χ2v) is 5.49. The number of rotatable bonds is 6. The molecule has 122 valence electrons. The van der Waals surface area contributed by atoms with Gasteiger partial charge in [0.25, 0.3) is 0 Å². The largest absolute Gasteiger partial charge is 0.467 e. The Morgan fingerprint density at radius 3 is 3.04 bits per heavy atom. The Bertz CT molecular complexity index is 637. The van der Waals surface area contributed by atoms with Crippen LogP contribution in [0.25, 0.3) is 0 Å². The highest BCUT2D eigenvalue weighted by atomic mass is 16.5. The van der Waals surface area contributed by atoms with Crippen molar-refractivity contribution < 1.29 is 9.15 Å². The lowest BCUT2D eigenvalue weighted by atomic mass is 10.2. The predicted octanol–water partition coefficient (Wildman–Crippen LogP) is 2.82. The van der Waals surface area contributed by atoms with Crippen molar-refractivity contribution in [1.29, 1.82) is 0 Å². The summed E-state index contributed by atoms with van der Waals surface area (Å²) >= 11 is 0. The van der Waals surface area contributed by atoms with Crippen LogP contribution in [-0.4, -0.2) is 32.7 Å². The second-order valence-electron chi connectivity index (χ2n) is 5.49. The summed E-state index contributed by atoms with van der Waals surface area (Å²) in [7, 11) is 1.83. The van der Waals surface area contributed by atoms with Gasteiger partial charge < -0.3 is 19.4 Å². The fraction of sp³-hybridized carbons (Fsp3) is 0.389. The number of fused-ring (bicyclic) bond motifs is 1. The Kier molecular flexibility index (Phi) is 5.32. The first kappa shape index (κ1) is 15.6. The fourth-order valence-corrected chi connectivity index (χ4v) is 2.80. The lowest BCUT2D eigenvalue weighted by molar-refractivity contribution is 0.105. The summed E-state index contributed by atoms with van der Waals surface area (Å²) in [5.41, 5.74) is 2.65. The summed E-state index contributed by atoms with van der Waals surface area (Å²) in [6, 6.07) is 12.3. The van der Waals surface area contributed by atoms with Gasteiger partial charge >= 0.3 is 0 Å². The lowest BCUT2D eigenvalue weighted by Crippen LogP contribution is -2.41. The zero-order valence-electron chi connectivity index (χ0n) is 13.5. The van der Waals surface area contributed by atoms with Gasteiger partial charge in [0.1, 0.15) is 12.4 Å². The molecule has 0 atom stereocenters. The number of guanidine groups is 1. The highest BCUT2D eigenvalue weighted by Crippen LogP contribution is 2.27. The van der Waals surface area contributed by atoms with Crippen LogP contribution >= 0.6 is 0 Å². The number of furan rings is 1. The van der Waals surface area contributed by atoms with Gasteiger partial charge in [0.2, 0.25) is 0 Å². The first-order valence-corrected chi connectivity index (χ1v) is 8.04. The van der Waals surface area contributed by atoms with E-state index in [1.165, 1.54) is 11.3 Å². The van der Waals surface area contributed by atoms with E-state index in [4.69, 9.17) is 9.15 Å². The molecule has 0 radical (unpaired) electrons. The first-order valence-electron chi connectivity index (χ1n) is 8.04. The Labute approximate surface area is 137 Å². The summed E-state index contributed by atoms with van der Waals surface area (Å²) in [6.45, 7) is 3.04. The molecule has 1 N–H and O–H groups in total. The van der Waals surface area contributed by atoms with Crippen molar-refractivity contribution in [2.75, 3.05) is 31.6 Å². The molecule has 1 aromatic carbocycles. The van der Waals surface area contributed by atoms with Gasteiger partial charge in [-0.3, -0.25) is 4.99 Å². The van der Waals surface area contributed by atoms with Gasteiger partial charge in [0.05, 0.1) is 6.26 Å². The van der Waals surface area contributed by atoms with Crippen molar-refractivity contribution in [2.24, 2.45) is 4.99 Å². The van der Waals surface area contributed by atoms with Crippen molar-refractivity contribution in [3.63, 3.8) is 0 Å². The maximum atomic E-state index is 5.59. The molecule has 23 heavy (non-hydrogen) atoms. The van der Waals surface area contributed by atoms with E-state index in [-0.39, 0.29) is 0 Å². The van der Waals surface area contributed by atoms with Gasteiger partial charge in [-0.1, -0.05) is 18.2 Å². The molecular weight excluding hydrogens is 290 g/mol. The molecule has 0 aliphatic carbocycles. The zero-order valence-corrected chi connectivity index (χ0v) is 13.5. The third-order valence-electron chi connectivity index (χ3n) is 3.93. The summed E-state index contributed by atoms with van der Waals surface area (Å²) in [5.74, 6) is 1.79. The maximum absolute atomic E-state index is 5.59. The van der Waals surface area contributed by atoms with Gasteiger partial charge in [-0.05, 0) is 36.6 Å². The highest BCUT2D eigenvalue weighted by molar-refractivity contribution is 5.97. The van der Waals surface area contributed by atoms with Crippen LogP contribution < -0.4 is 10.2 Å². The number of aliphatic imine (C=N–C) groups is 1. The SMILES string of the molecule is CN=C(NCCCOCc1ccco1)N1CCc2ccccc21. The Balaban J connectivity index is 1.41. The number of benzene rings is 1. The molecule has 0 fully saturated rings. The number of hydrogen-bond donors (Lipinski definition) is 1. The Morgan fingerprint density at radius 2 is 2.22 bits per heavy atom. The van der Waals surface area contributed by atoms with Gasteiger partial charge in [0, 0.05) is 32.4 Å². The minimum Gasteiger partial charge on any atom is -0.467 e. The number of para-hydroxylation sites is 1. The molecule has 0 unspecified atom stereocenters. The predicted molar refractivity (Wildman–Crippen MR) is 91.8 cm³/mol. The number of ether oxygens (including phenoxy) is 1. The van der Waals surface area contributed by atoms with Crippen LogP contribution in [0.5, 0.6) is 0 Å². The average Bonchev–Trinajstić information content (AvgIpc) is 3.24. The molecule has 2 aromatic rings. The van der Waals surface area contributed by atoms with Crippen molar-refractivity contribution in [1.82, 2.24) is 5.32 Å². The minimum atomic E-state index is 0.529. The smallest absolute Gasteiger partial charge is 0.198 e. The number of nitrogens with one attached hydrogen (secondary N) is 1. The summed E-state index contributed by atoms with van der Waals surface area (Å²) in [6.07, 6.45) is 3.66. The second kappa shape index (κ2) is 7.83. The molecule has 0 amide bonds. The number of hydrogen-bond acceptors (Lipinski definition) is 3. The monoisotopic (exact) mass is 313 g/mol. The van der Waals surface area contributed by atoms with Crippen molar-refractivity contribution in [3.8, 4) is 0 Å². The average molecular weight is 313 g/mol. The fourth-order valence-electron chi connectivity index (χ4n) is 2.80. The Morgan fingerprint density at radius 1 is 1.30 bits per heavy atom. The van der Waals surface area contributed by atoms with Crippen LogP contribution in [0.2, 0.25) is 0 Å². The summed E-state index contributed by atoms with van der Waals surface area (Å²) < 4.78 is 10.8. The van der Waals surface area contributed by atoms with Crippen molar-refractivity contribution >= 4 is 11.6 Å². The molecular formula is C18H23N3O2. The highest BCUT2D eigenvalue weighted by Gasteiger charge is 2.21. The van der Waals surface area contributed by atoms with Crippen LogP contribution in [0.1, 0.15) is 17.7 Å². The number of anilines is 1. The molecule has 2 heterocycles. The van der Waals surface area contributed by atoms with E-state index in [0.29, 0.717) is 13.2 Å². The number of nitrogens with zero attached hydrogens (tertiary/aromatic N) is 2. The van der Waals surface area contributed by atoms with E-state index in [1.807, 2.05) is 19.2 Å². The molecule has 3 rings (SSSR count). The lowest BCUT2D eigenvalue weighted by Gasteiger charge is -2.22. The minimum absolute atomic E-state index is 0.529. The van der Waals surface area contributed by atoms with Gasteiger partial charge in [0.15, 0.2) is 5.96 Å². The molecule has 1 aliphatic heterocycles. The molecule has 1 aliphatic rings. The topological polar surface area (TPSA) is 50.0 Å². The molecule has 0 spiro atoms. The molecule has 0 saturated carbocycles. The van der Waals surface area contributed by atoms with Gasteiger partial charge in [-0.2, -0.15) is 0 Å². The Hall–Kier alpha value is -2.27. The summed E-state index contributed by atoms with van der Waals surface area (Å²) in [4.78, 5) is 6.65. The molecule has 1 aromatic heterocycles. The molecule has 0 saturated heterocycles. The third kappa shape index (κ3) is 3.93. The van der Waals surface area contributed by atoms with E-state index in [1.54, 1.807) is 6.26 Å². The zero-order chi connectivity index (χ0) is 15.9. The van der Waals surface area contributed by atoms with Crippen molar-refractivity contribution in [2.45, 2.75) is 19.4 Å². The molecule has 0 bridgehead atoms. The van der Waals surface area contributed by atoms with Gasteiger partial charge in [-0.15, -0.1) is 0 Å². The van der Waals surface area contributed by atoms with Crippen molar-refractivity contribution in [3.05, 3.63) is 54.0 Å². The third-order valence-corrected chi connectivity index (χ3v) is 3.93. The molecule has 5 heteroatoms. The quantitative estimate of drug-likeness (QED) is 0.506. The normalized spacial score (nSPS) is 14.1. The first-order chi connectivity index (χ1) is 11.4. The van der Waals surface area contributed by atoms with Crippen LogP contribution in [-0.2, 0) is 17.8 Å². The van der Waals surface area contributed by atoms with E-state index < -0.39 is 0 Å². The van der Waals surface area contributed by atoms with Crippen LogP contribution in [0.3, 0.4) is 0 Å². The van der Waals surface area contributed by atoms with E-state index in [0.717, 1.165) is 37.7 Å². The standard InChI is InChI=1S/C18H23N3O2/c1-19-18(21-11-9-15-6-2-3-8-17(15)21)20-10-5-12-22-14-16-7-4-13-23-16/h2-4,6-8,13H,5,9-12,14H2,1H3,(H,19,20). The van der Waals surface area contributed by atoms with Crippen LogP contribution in [0.4, 0.5) is 5.69 Å². The van der Waals surface area contributed by atoms with Gasteiger partial charge in [-0.25, -0.2) is 0 Å².